The van der Waals surface area contributed by atoms with Crippen LogP contribution in [0, 0.1) is 6.92 Å². The number of nitrogens with one attached hydrogen (secondary N) is 1. The Morgan fingerprint density at radius 2 is 2.32 bits per heavy atom. The number of imidazole rings is 1. The molecule has 0 aliphatic rings. The zero-order valence-electron chi connectivity index (χ0n) is 11.1. The van der Waals surface area contributed by atoms with Crippen molar-refractivity contribution in [3.8, 4) is 5.75 Å². The van der Waals surface area contributed by atoms with Gasteiger partial charge in [0.2, 0.25) is 0 Å². The number of aromatic amines is 1. The maximum Gasteiger partial charge on any atom is 0.124 e. The summed E-state index contributed by atoms with van der Waals surface area (Å²) >= 11 is 0. The summed E-state index contributed by atoms with van der Waals surface area (Å²) in [5, 5.41) is 0. The van der Waals surface area contributed by atoms with Crippen molar-refractivity contribution in [3.05, 3.63) is 47.5 Å². The second-order valence-electron chi connectivity index (χ2n) is 4.42. The first-order valence-corrected chi connectivity index (χ1v) is 6.44. The molecule has 0 aliphatic carbocycles. The second-order valence-corrected chi connectivity index (χ2v) is 4.42. The molecule has 1 aromatic carbocycles. The number of aryl methyl sites for hydroxylation is 1. The predicted octanol–water partition coefficient (Wildman–Crippen LogP) is 2.47. The molecule has 0 fully saturated rings. The van der Waals surface area contributed by atoms with Crippen LogP contribution in [0.1, 0.15) is 23.2 Å². The van der Waals surface area contributed by atoms with Crippen LogP contribution >= 0.6 is 0 Å². The molecule has 4 nitrogen and oxygen atoms in total. The Labute approximate surface area is 112 Å². The molecular formula is C15H18N2O2. The van der Waals surface area contributed by atoms with E-state index in [1.54, 1.807) is 6.33 Å². The summed E-state index contributed by atoms with van der Waals surface area (Å²) in [6.07, 6.45) is 6.76. The lowest BCUT2D eigenvalue weighted by atomic mass is 10.1. The minimum absolute atomic E-state index is 0.441. The van der Waals surface area contributed by atoms with E-state index in [0.29, 0.717) is 13.0 Å². The summed E-state index contributed by atoms with van der Waals surface area (Å²) in [5.41, 5.74) is 3.13. The number of benzene rings is 1. The zero-order valence-corrected chi connectivity index (χ0v) is 11.1. The van der Waals surface area contributed by atoms with Gasteiger partial charge in [0.25, 0.3) is 0 Å². The quantitative estimate of drug-likeness (QED) is 0.613. The molecule has 2 aromatic rings. The van der Waals surface area contributed by atoms with E-state index >= 15 is 0 Å². The van der Waals surface area contributed by atoms with Crippen LogP contribution in [0.4, 0.5) is 0 Å². The van der Waals surface area contributed by atoms with Crippen molar-refractivity contribution in [1.29, 1.82) is 0 Å². The highest BCUT2D eigenvalue weighted by Gasteiger charge is 2.04. The third-order valence-corrected chi connectivity index (χ3v) is 3.09. The first-order chi connectivity index (χ1) is 9.31. The van der Waals surface area contributed by atoms with Gasteiger partial charge in [-0.1, -0.05) is 12.1 Å². The van der Waals surface area contributed by atoms with E-state index < -0.39 is 0 Å². The Morgan fingerprint density at radius 1 is 1.42 bits per heavy atom. The minimum atomic E-state index is 0.441. The maximum absolute atomic E-state index is 10.6. The lowest BCUT2D eigenvalue weighted by molar-refractivity contribution is -0.107. The standard InChI is InChI=1S/C15H18N2O2/c1-12-13(7-8-18)4-2-6-15(12)19-9-3-5-14-10-16-11-17-14/h2,4,6,8,10-11H,3,5,7,9H2,1H3,(H,16,17). The Bertz CT molecular complexity index is 521. The van der Waals surface area contributed by atoms with Crippen LogP contribution in [0.25, 0.3) is 0 Å². The van der Waals surface area contributed by atoms with Gasteiger partial charge in [-0.3, -0.25) is 0 Å². The lowest BCUT2D eigenvalue weighted by Gasteiger charge is -2.11. The molecule has 100 valence electrons. The Hall–Kier alpha value is -2.10. The van der Waals surface area contributed by atoms with E-state index in [1.165, 1.54) is 0 Å². The molecule has 0 amide bonds. The number of carbonyl (C=O) groups is 1. The molecule has 0 unspecified atom stereocenters. The average molecular weight is 258 g/mol. The fraction of sp³-hybridized carbons (Fsp3) is 0.333. The number of hydrogen-bond donors (Lipinski definition) is 1. The number of carbonyl (C=O) groups excluding carboxylic acids is 1. The second kappa shape index (κ2) is 6.73. The van der Waals surface area contributed by atoms with Crippen LogP contribution in [0.2, 0.25) is 0 Å². The van der Waals surface area contributed by atoms with Crippen LogP contribution in [-0.4, -0.2) is 22.9 Å². The van der Waals surface area contributed by atoms with Crippen LogP contribution in [0.5, 0.6) is 5.75 Å². The number of ether oxygens (including phenoxy) is 1. The lowest BCUT2D eigenvalue weighted by Crippen LogP contribution is -2.02. The third kappa shape index (κ3) is 3.68. The summed E-state index contributed by atoms with van der Waals surface area (Å²) in [4.78, 5) is 17.7. The van der Waals surface area contributed by atoms with E-state index in [-0.39, 0.29) is 0 Å². The molecule has 0 bridgehead atoms. The maximum atomic E-state index is 10.6. The molecule has 0 aliphatic heterocycles. The van der Waals surface area contributed by atoms with Gasteiger partial charge < -0.3 is 14.5 Å². The molecule has 1 N–H and O–H groups in total. The summed E-state index contributed by atoms with van der Waals surface area (Å²) in [6, 6.07) is 5.83. The van der Waals surface area contributed by atoms with Crippen molar-refractivity contribution < 1.29 is 9.53 Å². The largest absolute Gasteiger partial charge is 0.493 e. The predicted molar refractivity (Wildman–Crippen MR) is 73.4 cm³/mol. The van der Waals surface area contributed by atoms with E-state index in [2.05, 4.69) is 9.97 Å². The van der Waals surface area contributed by atoms with Gasteiger partial charge in [0, 0.05) is 12.6 Å². The molecule has 0 atom stereocenters. The molecule has 0 radical (unpaired) electrons. The van der Waals surface area contributed by atoms with Gasteiger partial charge in [-0.25, -0.2) is 4.98 Å². The van der Waals surface area contributed by atoms with Gasteiger partial charge >= 0.3 is 0 Å². The SMILES string of the molecule is Cc1c(CC=O)cccc1OCCCc1c[nH]cn1. The number of aldehydes is 1. The molecule has 4 heteroatoms. The van der Waals surface area contributed by atoms with Gasteiger partial charge in [0.05, 0.1) is 18.6 Å². The number of H-pyrrole nitrogens is 1. The molecule has 0 saturated carbocycles. The fourth-order valence-corrected chi connectivity index (χ4v) is 1.99. The van der Waals surface area contributed by atoms with Crippen LogP contribution in [-0.2, 0) is 17.6 Å². The van der Waals surface area contributed by atoms with Crippen LogP contribution < -0.4 is 4.74 Å². The van der Waals surface area contributed by atoms with E-state index in [4.69, 9.17) is 4.74 Å². The molecular weight excluding hydrogens is 240 g/mol. The highest BCUT2D eigenvalue weighted by Crippen LogP contribution is 2.21. The van der Waals surface area contributed by atoms with Crippen molar-refractivity contribution in [2.45, 2.75) is 26.2 Å². The first-order valence-electron chi connectivity index (χ1n) is 6.44. The fourth-order valence-electron chi connectivity index (χ4n) is 1.99. The number of nitrogens with zero attached hydrogens (tertiary/aromatic N) is 1. The third-order valence-electron chi connectivity index (χ3n) is 3.09. The minimum Gasteiger partial charge on any atom is -0.493 e. The van der Waals surface area contributed by atoms with Gasteiger partial charge in [0.15, 0.2) is 0 Å². The number of aromatic nitrogens is 2. The molecule has 1 heterocycles. The normalized spacial score (nSPS) is 10.4. The van der Waals surface area contributed by atoms with Gasteiger partial charge in [-0.2, -0.15) is 0 Å². The molecule has 19 heavy (non-hydrogen) atoms. The molecule has 0 saturated heterocycles. The molecule has 2 rings (SSSR count). The molecule has 0 spiro atoms. The first kappa shape index (κ1) is 13.3. The van der Waals surface area contributed by atoms with E-state index in [9.17, 15) is 4.79 Å². The Morgan fingerprint density at radius 3 is 3.05 bits per heavy atom. The zero-order chi connectivity index (χ0) is 13.5. The highest BCUT2D eigenvalue weighted by atomic mass is 16.5. The van der Waals surface area contributed by atoms with E-state index in [1.807, 2.05) is 31.3 Å². The summed E-state index contributed by atoms with van der Waals surface area (Å²) in [5.74, 6) is 0.862. The van der Waals surface area contributed by atoms with Crippen molar-refractivity contribution in [1.82, 2.24) is 9.97 Å². The van der Waals surface area contributed by atoms with Crippen LogP contribution in [0.3, 0.4) is 0 Å². The van der Waals surface area contributed by atoms with Crippen molar-refractivity contribution in [2.75, 3.05) is 6.61 Å². The van der Waals surface area contributed by atoms with Crippen molar-refractivity contribution >= 4 is 6.29 Å². The van der Waals surface area contributed by atoms with Crippen molar-refractivity contribution in [3.63, 3.8) is 0 Å². The van der Waals surface area contributed by atoms with Crippen LogP contribution in [0.15, 0.2) is 30.7 Å². The highest BCUT2D eigenvalue weighted by molar-refractivity contribution is 5.57. The molecule has 1 aromatic heterocycles. The Kier molecular flexibility index (Phi) is 4.72. The van der Waals surface area contributed by atoms with E-state index in [0.717, 1.165) is 41.7 Å². The van der Waals surface area contributed by atoms with Gasteiger partial charge in [-0.05, 0) is 37.0 Å². The van der Waals surface area contributed by atoms with Crippen molar-refractivity contribution in [2.24, 2.45) is 0 Å². The number of hydrogen-bond acceptors (Lipinski definition) is 3. The number of rotatable bonds is 7. The van der Waals surface area contributed by atoms with Gasteiger partial charge in [0.1, 0.15) is 12.0 Å². The monoisotopic (exact) mass is 258 g/mol. The van der Waals surface area contributed by atoms with Gasteiger partial charge in [-0.15, -0.1) is 0 Å². The Balaban J connectivity index is 1.85. The summed E-state index contributed by atoms with van der Waals surface area (Å²) < 4.78 is 5.77. The average Bonchev–Trinajstić information content (AvgIpc) is 2.92. The topological polar surface area (TPSA) is 55.0 Å². The summed E-state index contributed by atoms with van der Waals surface area (Å²) in [6.45, 7) is 2.64. The summed E-state index contributed by atoms with van der Waals surface area (Å²) in [7, 11) is 0. The smallest absolute Gasteiger partial charge is 0.124 e.